The van der Waals surface area contributed by atoms with Crippen molar-refractivity contribution in [3.63, 3.8) is 0 Å². The summed E-state index contributed by atoms with van der Waals surface area (Å²) < 4.78 is 0. The average molecular weight is 132 g/mol. The Morgan fingerprint density at radius 1 is 1.67 bits per heavy atom. The molecular weight excluding hydrogens is 124 g/mol. The van der Waals surface area contributed by atoms with E-state index in [4.69, 9.17) is 5.73 Å². The number of hydrogen-bond donors (Lipinski definition) is 2. The minimum atomic E-state index is -0.662. The van der Waals surface area contributed by atoms with Crippen molar-refractivity contribution in [3.05, 3.63) is 0 Å². The molecule has 0 spiro atoms. The van der Waals surface area contributed by atoms with Crippen molar-refractivity contribution in [2.24, 2.45) is 5.73 Å². The minimum absolute atomic E-state index is 0.236. The number of hydroxylamine groups is 1. The highest BCUT2D eigenvalue weighted by atomic mass is 16.7. The van der Waals surface area contributed by atoms with Gasteiger partial charge in [-0.3, -0.25) is 4.79 Å². The first-order chi connectivity index (χ1) is 4.16. The molecule has 9 heavy (non-hydrogen) atoms. The molecule has 0 aliphatic carbocycles. The van der Waals surface area contributed by atoms with Crippen LogP contribution in [0, 0.1) is 0 Å². The second kappa shape index (κ2) is 3.85. The average Bonchev–Trinajstić information content (AvgIpc) is 1.83. The summed E-state index contributed by atoms with van der Waals surface area (Å²) >= 11 is 0. The van der Waals surface area contributed by atoms with E-state index in [2.05, 4.69) is 4.84 Å². The fourth-order valence-electron chi connectivity index (χ4n) is 0.170. The Kier molecular flexibility index (Phi) is 3.38. The maximum atomic E-state index is 10.2. The molecular formula is C4H8N2O3. The van der Waals surface area contributed by atoms with Gasteiger partial charge in [0.15, 0.2) is 0 Å². The molecule has 5 heteroatoms. The van der Waals surface area contributed by atoms with Gasteiger partial charge >= 0.3 is 5.97 Å². The van der Waals surface area contributed by atoms with Crippen LogP contribution in [0.1, 0.15) is 6.92 Å². The van der Waals surface area contributed by atoms with Gasteiger partial charge in [0.05, 0.1) is 6.54 Å². The number of amides is 1. The Morgan fingerprint density at radius 2 is 2.22 bits per heavy atom. The van der Waals surface area contributed by atoms with Gasteiger partial charge in [-0.1, -0.05) is 0 Å². The van der Waals surface area contributed by atoms with Crippen molar-refractivity contribution >= 4 is 11.9 Å². The van der Waals surface area contributed by atoms with E-state index >= 15 is 0 Å². The lowest BCUT2D eigenvalue weighted by atomic mass is 10.7. The lowest BCUT2D eigenvalue weighted by Crippen LogP contribution is -2.28. The monoisotopic (exact) mass is 132 g/mol. The molecule has 5 nitrogen and oxygen atoms in total. The molecule has 52 valence electrons. The van der Waals surface area contributed by atoms with Gasteiger partial charge < -0.3 is 10.6 Å². The quantitative estimate of drug-likeness (QED) is 0.427. The first kappa shape index (κ1) is 7.90. The molecule has 1 amide bonds. The second-order valence-corrected chi connectivity index (χ2v) is 1.34. The summed E-state index contributed by atoms with van der Waals surface area (Å²) in [6.07, 6.45) is 0. The maximum Gasteiger partial charge on any atom is 0.345 e. The minimum Gasteiger partial charge on any atom is -0.339 e. The Balaban J connectivity index is 3.28. The molecule has 0 atom stereocenters. The van der Waals surface area contributed by atoms with E-state index < -0.39 is 11.9 Å². The molecule has 0 heterocycles. The fourth-order valence-corrected chi connectivity index (χ4v) is 0.170. The van der Waals surface area contributed by atoms with Gasteiger partial charge in [-0.05, 0) is 0 Å². The topological polar surface area (TPSA) is 81.4 Å². The standard InChI is InChI=1S/C4H8N2O3/c1-3(7)6-9-4(8)2-5/h2,5H2,1H3,(H,6,7). The SMILES string of the molecule is CC(=O)NOC(=O)CN. The Labute approximate surface area is 52.1 Å². The summed E-state index contributed by atoms with van der Waals surface area (Å²) in [5.74, 6) is -1.10. The molecule has 0 bridgehead atoms. The summed E-state index contributed by atoms with van der Waals surface area (Å²) in [7, 11) is 0. The van der Waals surface area contributed by atoms with Crippen LogP contribution >= 0.6 is 0 Å². The molecule has 0 saturated carbocycles. The van der Waals surface area contributed by atoms with Crippen LogP contribution in [0.15, 0.2) is 0 Å². The van der Waals surface area contributed by atoms with Crippen LogP contribution in [0.3, 0.4) is 0 Å². The van der Waals surface area contributed by atoms with Crippen molar-refractivity contribution in [2.75, 3.05) is 6.54 Å². The Morgan fingerprint density at radius 3 is 2.56 bits per heavy atom. The fraction of sp³-hybridized carbons (Fsp3) is 0.500. The van der Waals surface area contributed by atoms with Crippen LogP contribution in [0.4, 0.5) is 0 Å². The number of nitrogens with two attached hydrogens (primary N) is 1. The van der Waals surface area contributed by atoms with Crippen molar-refractivity contribution in [1.29, 1.82) is 0 Å². The van der Waals surface area contributed by atoms with Gasteiger partial charge in [0.1, 0.15) is 0 Å². The van der Waals surface area contributed by atoms with Gasteiger partial charge in [-0.25, -0.2) is 4.79 Å². The largest absolute Gasteiger partial charge is 0.345 e. The van der Waals surface area contributed by atoms with E-state index in [-0.39, 0.29) is 6.54 Å². The highest BCUT2D eigenvalue weighted by Crippen LogP contribution is 1.67. The molecule has 0 radical (unpaired) electrons. The number of hydrogen-bond acceptors (Lipinski definition) is 4. The van der Waals surface area contributed by atoms with Gasteiger partial charge in [0.25, 0.3) is 0 Å². The Hall–Kier alpha value is -1.10. The van der Waals surface area contributed by atoms with E-state index in [1.165, 1.54) is 6.92 Å². The first-order valence-corrected chi connectivity index (χ1v) is 2.33. The van der Waals surface area contributed by atoms with Gasteiger partial charge in [0.2, 0.25) is 5.91 Å². The normalized spacial score (nSPS) is 8.22. The molecule has 0 aromatic rings. The zero-order valence-corrected chi connectivity index (χ0v) is 5.01. The van der Waals surface area contributed by atoms with E-state index in [1.54, 1.807) is 0 Å². The van der Waals surface area contributed by atoms with Crippen LogP contribution in [0.2, 0.25) is 0 Å². The van der Waals surface area contributed by atoms with E-state index in [0.717, 1.165) is 0 Å². The third kappa shape index (κ3) is 4.76. The van der Waals surface area contributed by atoms with Crippen molar-refractivity contribution in [2.45, 2.75) is 6.92 Å². The van der Waals surface area contributed by atoms with E-state index in [9.17, 15) is 9.59 Å². The lowest BCUT2D eigenvalue weighted by molar-refractivity contribution is -0.156. The van der Waals surface area contributed by atoms with Gasteiger partial charge in [-0.15, -0.1) is 0 Å². The van der Waals surface area contributed by atoms with Gasteiger partial charge in [0, 0.05) is 6.92 Å². The zero-order chi connectivity index (χ0) is 7.28. The van der Waals surface area contributed by atoms with E-state index in [0.29, 0.717) is 0 Å². The lowest BCUT2D eigenvalue weighted by Gasteiger charge is -1.98. The molecule has 0 fully saturated rings. The third-order valence-electron chi connectivity index (χ3n) is 0.475. The predicted molar refractivity (Wildman–Crippen MR) is 29.0 cm³/mol. The number of carbonyl (C=O) groups is 2. The first-order valence-electron chi connectivity index (χ1n) is 2.33. The summed E-state index contributed by atoms with van der Waals surface area (Å²) in [6.45, 7) is 0.990. The summed E-state index contributed by atoms with van der Waals surface area (Å²) in [4.78, 5) is 24.3. The van der Waals surface area contributed by atoms with Crippen LogP contribution < -0.4 is 11.2 Å². The highest BCUT2D eigenvalue weighted by molar-refractivity contribution is 5.76. The summed E-state index contributed by atoms with van der Waals surface area (Å²) in [5, 5.41) is 0. The molecule has 0 unspecified atom stereocenters. The second-order valence-electron chi connectivity index (χ2n) is 1.34. The van der Waals surface area contributed by atoms with Crippen molar-refractivity contribution in [1.82, 2.24) is 5.48 Å². The van der Waals surface area contributed by atoms with Crippen LogP contribution in [-0.2, 0) is 14.4 Å². The van der Waals surface area contributed by atoms with Crippen molar-refractivity contribution < 1.29 is 14.4 Å². The number of carbonyl (C=O) groups excluding carboxylic acids is 2. The van der Waals surface area contributed by atoms with Crippen molar-refractivity contribution in [3.8, 4) is 0 Å². The molecule has 0 aliphatic rings. The molecule has 0 saturated heterocycles. The highest BCUT2D eigenvalue weighted by Gasteiger charge is 1.97. The maximum absolute atomic E-state index is 10.2. The van der Waals surface area contributed by atoms with E-state index in [1.807, 2.05) is 5.48 Å². The third-order valence-corrected chi connectivity index (χ3v) is 0.475. The molecule has 0 aromatic heterocycles. The molecule has 0 aromatic carbocycles. The molecule has 3 N–H and O–H groups in total. The number of nitrogens with one attached hydrogen (secondary N) is 1. The smallest absolute Gasteiger partial charge is 0.339 e. The Bertz CT molecular complexity index is 123. The van der Waals surface area contributed by atoms with Crippen LogP contribution in [0.5, 0.6) is 0 Å². The number of rotatable bonds is 1. The van der Waals surface area contributed by atoms with Crippen LogP contribution in [-0.4, -0.2) is 18.4 Å². The molecule has 0 aliphatic heterocycles. The molecule has 0 rings (SSSR count). The summed E-state index contributed by atoms with van der Waals surface area (Å²) in [5.41, 5.74) is 6.66. The summed E-state index contributed by atoms with van der Waals surface area (Å²) in [6, 6.07) is 0. The zero-order valence-electron chi connectivity index (χ0n) is 5.01. The van der Waals surface area contributed by atoms with Gasteiger partial charge in [-0.2, -0.15) is 5.48 Å². The van der Waals surface area contributed by atoms with Crippen LogP contribution in [0.25, 0.3) is 0 Å². The predicted octanol–water partition coefficient (Wildman–Crippen LogP) is -1.46.